The Morgan fingerprint density at radius 3 is 2.59 bits per heavy atom. The first kappa shape index (κ1) is 13.1. The molecule has 3 fully saturated rings. The van der Waals surface area contributed by atoms with Crippen LogP contribution in [-0.2, 0) is 4.79 Å². The summed E-state index contributed by atoms with van der Waals surface area (Å²) in [4.78, 5) is 16.8. The molecule has 3 rings (SSSR count). The molecule has 0 aliphatic carbocycles. The Kier molecular flexibility index (Phi) is 3.95. The highest BCUT2D eigenvalue weighted by Gasteiger charge is 2.42. The highest BCUT2D eigenvalue weighted by atomic mass is 35.5. The molecule has 0 saturated carbocycles. The van der Waals surface area contributed by atoms with Crippen LogP contribution in [0.15, 0.2) is 0 Å². The summed E-state index contributed by atoms with van der Waals surface area (Å²) in [5.74, 6) is 1.45. The first-order chi connectivity index (χ1) is 7.75. The fourth-order valence-corrected chi connectivity index (χ4v) is 3.27. The molecule has 0 aromatic heterocycles. The molecule has 0 bridgehead atoms. The Balaban J connectivity index is 0.00000108. The summed E-state index contributed by atoms with van der Waals surface area (Å²) in [5.41, 5.74) is 0. The second-order valence-corrected chi connectivity index (χ2v) is 5.55. The van der Waals surface area contributed by atoms with Gasteiger partial charge in [0, 0.05) is 32.2 Å². The van der Waals surface area contributed by atoms with E-state index in [-0.39, 0.29) is 18.3 Å². The number of nitrogens with zero attached hydrogens (tertiary/aromatic N) is 2. The van der Waals surface area contributed by atoms with E-state index in [0.29, 0.717) is 11.9 Å². The van der Waals surface area contributed by atoms with Gasteiger partial charge in [-0.1, -0.05) is 0 Å². The Labute approximate surface area is 109 Å². The molecule has 0 aromatic carbocycles. The number of amides is 1. The number of rotatable bonds is 1. The molecule has 3 aliphatic heterocycles. The van der Waals surface area contributed by atoms with Crippen molar-refractivity contribution in [3.8, 4) is 0 Å². The first-order valence-electron chi connectivity index (χ1n) is 6.45. The molecule has 1 N–H and O–H groups in total. The SMILES string of the molecule is CN1CCC2CCN(C(=O)C3CNC3)C2C1.Cl. The average molecular weight is 260 g/mol. The van der Waals surface area contributed by atoms with Gasteiger partial charge in [-0.3, -0.25) is 4.79 Å². The molecule has 2 unspecified atom stereocenters. The minimum absolute atomic E-state index is 0. The van der Waals surface area contributed by atoms with Crippen LogP contribution in [0, 0.1) is 11.8 Å². The van der Waals surface area contributed by atoms with Gasteiger partial charge >= 0.3 is 0 Å². The van der Waals surface area contributed by atoms with E-state index in [4.69, 9.17) is 0 Å². The normalized spacial score (nSPS) is 33.8. The number of halogens is 1. The summed E-state index contributed by atoms with van der Waals surface area (Å²) in [6, 6.07) is 0.506. The van der Waals surface area contributed by atoms with Crippen LogP contribution in [0.2, 0.25) is 0 Å². The molecular weight excluding hydrogens is 238 g/mol. The van der Waals surface area contributed by atoms with E-state index >= 15 is 0 Å². The maximum atomic E-state index is 12.3. The maximum absolute atomic E-state index is 12.3. The molecule has 0 spiro atoms. The number of likely N-dealkylation sites (tertiary alicyclic amines) is 2. The maximum Gasteiger partial charge on any atom is 0.228 e. The fraction of sp³-hybridized carbons (Fsp3) is 0.917. The van der Waals surface area contributed by atoms with Gasteiger partial charge in [0.05, 0.1) is 5.92 Å². The number of nitrogens with one attached hydrogen (secondary N) is 1. The molecule has 2 atom stereocenters. The standard InChI is InChI=1S/C12H21N3O.ClH/c1-14-4-2-9-3-5-15(11(9)8-14)12(16)10-6-13-7-10;/h9-11,13H,2-8H2,1H3;1H. The highest BCUT2D eigenvalue weighted by molar-refractivity contribution is 5.85. The minimum atomic E-state index is 0. The number of likely N-dealkylation sites (N-methyl/N-ethyl adjacent to an activating group) is 1. The smallest absolute Gasteiger partial charge is 0.228 e. The lowest BCUT2D eigenvalue weighted by atomic mass is 9.92. The van der Waals surface area contributed by atoms with Crippen molar-refractivity contribution < 1.29 is 4.79 Å². The van der Waals surface area contributed by atoms with E-state index in [9.17, 15) is 4.79 Å². The van der Waals surface area contributed by atoms with Crippen molar-refractivity contribution in [3.05, 3.63) is 0 Å². The lowest BCUT2D eigenvalue weighted by molar-refractivity contribution is -0.139. The lowest BCUT2D eigenvalue weighted by Crippen LogP contribution is -2.56. The Bertz CT molecular complexity index is 295. The van der Waals surface area contributed by atoms with Gasteiger partial charge in [0.15, 0.2) is 0 Å². The van der Waals surface area contributed by atoms with Gasteiger partial charge in [0.25, 0.3) is 0 Å². The van der Waals surface area contributed by atoms with Gasteiger partial charge in [0.1, 0.15) is 0 Å². The van der Waals surface area contributed by atoms with Crippen LogP contribution in [-0.4, -0.2) is 61.5 Å². The van der Waals surface area contributed by atoms with Crippen molar-refractivity contribution in [3.63, 3.8) is 0 Å². The van der Waals surface area contributed by atoms with Crippen molar-refractivity contribution in [2.24, 2.45) is 11.8 Å². The summed E-state index contributed by atoms with van der Waals surface area (Å²) in [6.45, 7) is 5.06. The minimum Gasteiger partial charge on any atom is -0.338 e. The van der Waals surface area contributed by atoms with Crippen molar-refractivity contribution >= 4 is 18.3 Å². The summed E-state index contributed by atoms with van der Waals surface area (Å²) in [5, 5.41) is 3.19. The lowest BCUT2D eigenvalue weighted by Gasteiger charge is -2.39. The molecule has 3 heterocycles. The van der Waals surface area contributed by atoms with Crippen LogP contribution in [0.25, 0.3) is 0 Å². The summed E-state index contributed by atoms with van der Waals surface area (Å²) in [7, 11) is 2.17. The Hall–Kier alpha value is -0.320. The number of carbonyl (C=O) groups is 1. The van der Waals surface area contributed by atoms with Crippen LogP contribution in [0.1, 0.15) is 12.8 Å². The summed E-state index contributed by atoms with van der Waals surface area (Å²) >= 11 is 0. The van der Waals surface area contributed by atoms with Crippen LogP contribution in [0.4, 0.5) is 0 Å². The monoisotopic (exact) mass is 259 g/mol. The number of hydrogen-bond acceptors (Lipinski definition) is 3. The first-order valence-corrected chi connectivity index (χ1v) is 6.45. The van der Waals surface area contributed by atoms with E-state index in [1.54, 1.807) is 0 Å². The topological polar surface area (TPSA) is 35.6 Å². The zero-order valence-electron chi connectivity index (χ0n) is 10.4. The molecule has 17 heavy (non-hydrogen) atoms. The number of carbonyl (C=O) groups excluding carboxylic acids is 1. The third-order valence-corrected chi connectivity index (χ3v) is 4.48. The zero-order valence-corrected chi connectivity index (χ0v) is 11.2. The molecule has 4 nitrogen and oxygen atoms in total. The molecule has 1 amide bonds. The van der Waals surface area contributed by atoms with E-state index < -0.39 is 0 Å². The number of piperidine rings is 1. The quantitative estimate of drug-likeness (QED) is 0.730. The molecule has 3 aliphatic rings. The van der Waals surface area contributed by atoms with Crippen LogP contribution >= 0.6 is 12.4 Å². The molecule has 5 heteroatoms. The van der Waals surface area contributed by atoms with Gasteiger partial charge in [-0.05, 0) is 32.4 Å². The highest BCUT2D eigenvalue weighted by Crippen LogP contribution is 2.32. The molecule has 98 valence electrons. The number of hydrogen-bond donors (Lipinski definition) is 1. The van der Waals surface area contributed by atoms with Crippen molar-refractivity contribution in [2.45, 2.75) is 18.9 Å². The predicted molar refractivity (Wildman–Crippen MR) is 69.3 cm³/mol. The van der Waals surface area contributed by atoms with E-state index in [0.717, 1.165) is 32.1 Å². The van der Waals surface area contributed by atoms with Crippen LogP contribution in [0.5, 0.6) is 0 Å². The van der Waals surface area contributed by atoms with Gasteiger partial charge in [-0.2, -0.15) is 0 Å². The van der Waals surface area contributed by atoms with Crippen LogP contribution in [0.3, 0.4) is 0 Å². The Morgan fingerprint density at radius 1 is 1.24 bits per heavy atom. The van der Waals surface area contributed by atoms with Gasteiger partial charge in [-0.15, -0.1) is 12.4 Å². The van der Waals surface area contributed by atoms with E-state index in [1.165, 1.54) is 19.4 Å². The second kappa shape index (κ2) is 5.12. The molecule has 0 aromatic rings. The third kappa shape index (κ3) is 2.30. The van der Waals surface area contributed by atoms with Gasteiger partial charge in [0.2, 0.25) is 5.91 Å². The molecule has 0 radical (unpaired) electrons. The van der Waals surface area contributed by atoms with Crippen molar-refractivity contribution in [2.75, 3.05) is 39.8 Å². The third-order valence-electron chi connectivity index (χ3n) is 4.48. The Morgan fingerprint density at radius 2 is 1.94 bits per heavy atom. The molecule has 3 saturated heterocycles. The van der Waals surface area contributed by atoms with Crippen LogP contribution < -0.4 is 5.32 Å². The van der Waals surface area contributed by atoms with E-state index in [1.807, 2.05) is 0 Å². The zero-order chi connectivity index (χ0) is 11.1. The number of fused-ring (bicyclic) bond motifs is 1. The van der Waals surface area contributed by atoms with E-state index in [2.05, 4.69) is 22.2 Å². The summed E-state index contributed by atoms with van der Waals surface area (Å²) < 4.78 is 0. The summed E-state index contributed by atoms with van der Waals surface area (Å²) in [6.07, 6.45) is 2.50. The average Bonchev–Trinajstić information content (AvgIpc) is 2.57. The van der Waals surface area contributed by atoms with Crippen molar-refractivity contribution in [1.29, 1.82) is 0 Å². The largest absolute Gasteiger partial charge is 0.338 e. The molecular formula is C12H22ClN3O. The fourth-order valence-electron chi connectivity index (χ4n) is 3.27. The predicted octanol–water partition coefficient (Wildman–Crippen LogP) is 0.180. The van der Waals surface area contributed by atoms with Gasteiger partial charge < -0.3 is 15.1 Å². The van der Waals surface area contributed by atoms with Gasteiger partial charge in [-0.25, -0.2) is 0 Å². The second-order valence-electron chi connectivity index (χ2n) is 5.55. The van der Waals surface area contributed by atoms with Crippen molar-refractivity contribution in [1.82, 2.24) is 15.1 Å².